The summed E-state index contributed by atoms with van der Waals surface area (Å²) in [7, 11) is 0. The van der Waals surface area contributed by atoms with E-state index in [1.165, 1.54) is 34.4 Å². The maximum Gasteiger partial charge on any atom is 0.335 e. The van der Waals surface area contributed by atoms with Gasteiger partial charge in [0.05, 0.1) is 17.2 Å². The van der Waals surface area contributed by atoms with Gasteiger partial charge in [-0.05, 0) is 30.2 Å². The van der Waals surface area contributed by atoms with Crippen LogP contribution in [-0.4, -0.2) is 27.0 Å². The van der Waals surface area contributed by atoms with E-state index in [-0.39, 0.29) is 11.1 Å². The normalized spacial score (nSPS) is 11.3. The Morgan fingerprint density at radius 1 is 1.14 bits per heavy atom. The van der Waals surface area contributed by atoms with Crippen molar-refractivity contribution in [1.29, 1.82) is 0 Å². The smallest absolute Gasteiger partial charge is 0.335 e. The van der Waals surface area contributed by atoms with Gasteiger partial charge in [0.25, 0.3) is 5.56 Å². The number of rotatable bonds is 4. The first kappa shape index (κ1) is 17.8. The Morgan fingerprint density at radius 3 is 2.54 bits per heavy atom. The lowest BCUT2D eigenvalue weighted by molar-refractivity contribution is 0.0697. The van der Waals surface area contributed by atoms with Gasteiger partial charge in [-0.1, -0.05) is 42.5 Å². The van der Waals surface area contributed by atoms with E-state index in [1.807, 2.05) is 35.7 Å². The van der Waals surface area contributed by atoms with Crippen LogP contribution < -0.4 is 5.56 Å². The number of nitrogens with zero attached hydrogens (tertiary/aromatic N) is 3. The standard InChI is InChI=1S/C21H15N3O3S/c1-13-23-19-18(17(12-28-19)15-5-3-2-4-6-15)20(25)24(13)22-11-14-7-9-16(10-8-14)21(26)27/h2-12H,1H3,(H,26,27)/b22-11+. The molecule has 0 saturated carbocycles. The first-order valence-corrected chi connectivity index (χ1v) is 9.36. The molecule has 0 radical (unpaired) electrons. The van der Waals surface area contributed by atoms with Crippen molar-refractivity contribution in [3.8, 4) is 11.1 Å². The van der Waals surface area contributed by atoms with Gasteiger partial charge in [0.2, 0.25) is 0 Å². The molecule has 0 amide bonds. The molecule has 28 heavy (non-hydrogen) atoms. The molecule has 7 heteroatoms. The lowest BCUT2D eigenvalue weighted by atomic mass is 10.1. The minimum absolute atomic E-state index is 0.194. The van der Waals surface area contributed by atoms with Crippen LogP contribution in [0.4, 0.5) is 0 Å². The average molecular weight is 389 g/mol. The van der Waals surface area contributed by atoms with E-state index < -0.39 is 5.97 Å². The molecule has 2 heterocycles. The van der Waals surface area contributed by atoms with Crippen molar-refractivity contribution >= 4 is 33.7 Å². The van der Waals surface area contributed by atoms with Gasteiger partial charge < -0.3 is 5.11 Å². The van der Waals surface area contributed by atoms with E-state index in [4.69, 9.17) is 5.11 Å². The van der Waals surface area contributed by atoms with Crippen molar-refractivity contribution in [2.75, 3.05) is 0 Å². The van der Waals surface area contributed by atoms with Crippen molar-refractivity contribution in [3.05, 3.63) is 87.3 Å². The number of carboxylic acid groups (broad SMARTS) is 1. The highest BCUT2D eigenvalue weighted by atomic mass is 32.1. The minimum Gasteiger partial charge on any atom is -0.478 e. The monoisotopic (exact) mass is 389 g/mol. The van der Waals surface area contributed by atoms with Crippen LogP contribution in [0, 0.1) is 6.92 Å². The summed E-state index contributed by atoms with van der Waals surface area (Å²) in [4.78, 5) is 29.3. The zero-order valence-electron chi connectivity index (χ0n) is 14.9. The first-order valence-electron chi connectivity index (χ1n) is 8.48. The summed E-state index contributed by atoms with van der Waals surface area (Å²) in [6.07, 6.45) is 1.52. The molecule has 4 rings (SSSR count). The molecule has 0 saturated heterocycles. The number of aromatic nitrogens is 2. The molecule has 4 aromatic rings. The fourth-order valence-electron chi connectivity index (χ4n) is 2.89. The summed E-state index contributed by atoms with van der Waals surface area (Å²) in [6.45, 7) is 1.73. The SMILES string of the molecule is Cc1nc2scc(-c3ccccc3)c2c(=O)n1/N=C/c1ccc(C(=O)O)cc1. The van der Waals surface area contributed by atoms with E-state index in [0.29, 0.717) is 21.6 Å². The van der Waals surface area contributed by atoms with Crippen LogP contribution in [-0.2, 0) is 0 Å². The summed E-state index contributed by atoms with van der Waals surface area (Å²) in [5, 5.41) is 15.7. The zero-order valence-corrected chi connectivity index (χ0v) is 15.7. The van der Waals surface area contributed by atoms with Crippen LogP contribution in [0.2, 0.25) is 0 Å². The van der Waals surface area contributed by atoms with Crippen molar-refractivity contribution in [2.45, 2.75) is 6.92 Å². The summed E-state index contributed by atoms with van der Waals surface area (Å²) in [5.74, 6) is -0.506. The third-order valence-electron chi connectivity index (χ3n) is 4.31. The highest BCUT2D eigenvalue weighted by Gasteiger charge is 2.15. The molecule has 6 nitrogen and oxygen atoms in total. The van der Waals surface area contributed by atoms with Crippen molar-refractivity contribution in [3.63, 3.8) is 0 Å². The Hall–Kier alpha value is -3.58. The number of thiophene rings is 1. The molecule has 0 spiro atoms. The van der Waals surface area contributed by atoms with Crippen molar-refractivity contribution < 1.29 is 9.90 Å². The van der Waals surface area contributed by atoms with Gasteiger partial charge in [-0.15, -0.1) is 11.3 Å². The fourth-order valence-corrected chi connectivity index (χ4v) is 3.87. The molecule has 2 aromatic carbocycles. The second-order valence-corrected chi connectivity index (χ2v) is 7.00. The van der Waals surface area contributed by atoms with Gasteiger partial charge in [0.1, 0.15) is 10.7 Å². The van der Waals surface area contributed by atoms with Gasteiger partial charge in [-0.3, -0.25) is 4.79 Å². The Labute approximate surface area is 164 Å². The van der Waals surface area contributed by atoms with E-state index >= 15 is 0 Å². The van der Waals surface area contributed by atoms with E-state index in [2.05, 4.69) is 10.1 Å². The molecule has 0 atom stereocenters. The van der Waals surface area contributed by atoms with E-state index in [1.54, 1.807) is 19.1 Å². The third kappa shape index (κ3) is 3.23. The summed E-state index contributed by atoms with van der Waals surface area (Å²) < 4.78 is 1.27. The summed E-state index contributed by atoms with van der Waals surface area (Å²) in [6, 6.07) is 16.0. The topological polar surface area (TPSA) is 84.5 Å². The number of aryl methyl sites for hydroxylation is 1. The maximum absolute atomic E-state index is 13.1. The molecular weight excluding hydrogens is 374 g/mol. The summed E-state index contributed by atoms with van der Waals surface area (Å²) in [5.41, 5.74) is 2.44. The molecule has 0 fully saturated rings. The largest absolute Gasteiger partial charge is 0.478 e. The molecule has 0 bridgehead atoms. The molecular formula is C21H15N3O3S. The third-order valence-corrected chi connectivity index (χ3v) is 5.18. The van der Waals surface area contributed by atoms with Gasteiger partial charge in [0, 0.05) is 10.9 Å². The van der Waals surface area contributed by atoms with Crippen LogP contribution in [0.3, 0.4) is 0 Å². The quantitative estimate of drug-likeness (QED) is 0.535. The van der Waals surface area contributed by atoms with Crippen LogP contribution in [0.5, 0.6) is 0 Å². The molecule has 2 aromatic heterocycles. The minimum atomic E-state index is -0.990. The van der Waals surface area contributed by atoms with Crippen molar-refractivity contribution in [2.24, 2.45) is 5.10 Å². The lowest BCUT2D eigenvalue weighted by Crippen LogP contribution is -2.20. The van der Waals surface area contributed by atoms with Crippen molar-refractivity contribution in [1.82, 2.24) is 9.66 Å². The number of aromatic carboxylic acids is 1. The predicted octanol–water partition coefficient (Wildman–Crippen LogP) is 4.01. The second kappa shape index (κ2) is 7.21. The highest BCUT2D eigenvalue weighted by Crippen LogP contribution is 2.30. The number of hydrogen-bond acceptors (Lipinski definition) is 5. The van der Waals surface area contributed by atoms with Crippen LogP contribution in [0.1, 0.15) is 21.7 Å². The Bertz CT molecular complexity index is 1260. The Kier molecular flexibility index (Phi) is 4.58. The number of carbonyl (C=O) groups is 1. The summed E-state index contributed by atoms with van der Waals surface area (Å²) >= 11 is 1.43. The van der Waals surface area contributed by atoms with Crippen LogP contribution in [0.15, 0.2) is 69.9 Å². The molecule has 0 aliphatic rings. The van der Waals surface area contributed by atoms with Gasteiger partial charge in [0.15, 0.2) is 0 Å². The maximum atomic E-state index is 13.1. The molecule has 1 N–H and O–H groups in total. The molecule has 0 aliphatic heterocycles. The zero-order chi connectivity index (χ0) is 19.7. The van der Waals surface area contributed by atoms with Gasteiger partial charge in [-0.25, -0.2) is 9.78 Å². The van der Waals surface area contributed by atoms with Gasteiger partial charge >= 0.3 is 5.97 Å². The second-order valence-electron chi connectivity index (χ2n) is 6.14. The van der Waals surface area contributed by atoms with Gasteiger partial charge in [-0.2, -0.15) is 9.78 Å². The van der Waals surface area contributed by atoms with E-state index in [0.717, 1.165) is 11.1 Å². The molecule has 138 valence electrons. The number of fused-ring (bicyclic) bond motifs is 1. The number of hydrogen-bond donors (Lipinski definition) is 1. The Morgan fingerprint density at radius 2 is 1.86 bits per heavy atom. The molecule has 0 unspecified atom stereocenters. The lowest BCUT2D eigenvalue weighted by Gasteiger charge is -2.05. The van der Waals surface area contributed by atoms with Crippen LogP contribution in [0.25, 0.3) is 21.3 Å². The number of carboxylic acids is 1. The predicted molar refractivity (Wildman–Crippen MR) is 110 cm³/mol. The fraction of sp³-hybridized carbons (Fsp3) is 0.0476. The Balaban J connectivity index is 1.79. The number of benzene rings is 2. The first-order chi connectivity index (χ1) is 13.5. The highest BCUT2D eigenvalue weighted by molar-refractivity contribution is 7.17. The average Bonchev–Trinajstić information content (AvgIpc) is 3.12. The molecule has 0 aliphatic carbocycles. The van der Waals surface area contributed by atoms with Crippen LogP contribution >= 0.6 is 11.3 Å². The van der Waals surface area contributed by atoms with E-state index in [9.17, 15) is 9.59 Å².